The van der Waals surface area contributed by atoms with Crippen LogP contribution in [-0.4, -0.2) is 15.9 Å². The van der Waals surface area contributed by atoms with E-state index < -0.39 is 0 Å². The number of para-hydroxylation sites is 2. The SMILES string of the molecule is Cc1cccc(C)c1NC(=O)Cc1nc2ccccc2c(=O)[nH]1. The minimum Gasteiger partial charge on any atom is -0.325 e. The number of aromatic nitrogens is 2. The van der Waals surface area contributed by atoms with Gasteiger partial charge in [-0.05, 0) is 37.1 Å². The summed E-state index contributed by atoms with van der Waals surface area (Å²) in [6, 6.07) is 12.9. The summed E-state index contributed by atoms with van der Waals surface area (Å²) in [5, 5.41) is 3.41. The molecule has 0 atom stereocenters. The summed E-state index contributed by atoms with van der Waals surface area (Å²) in [4.78, 5) is 31.3. The molecule has 0 spiro atoms. The Morgan fingerprint density at radius 1 is 1.09 bits per heavy atom. The molecule has 1 amide bonds. The number of carbonyl (C=O) groups is 1. The van der Waals surface area contributed by atoms with Gasteiger partial charge in [0.15, 0.2) is 0 Å². The molecule has 1 aromatic heterocycles. The van der Waals surface area contributed by atoms with E-state index in [1.165, 1.54) is 0 Å². The molecule has 0 unspecified atom stereocenters. The zero-order valence-electron chi connectivity index (χ0n) is 13.0. The lowest BCUT2D eigenvalue weighted by molar-refractivity contribution is -0.115. The maximum absolute atomic E-state index is 12.3. The summed E-state index contributed by atoms with van der Waals surface area (Å²) < 4.78 is 0. The summed E-state index contributed by atoms with van der Waals surface area (Å²) in [6.07, 6.45) is 0.0217. The molecule has 0 fully saturated rings. The Labute approximate surface area is 133 Å². The molecule has 0 aliphatic rings. The van der Waals surface area contributed by atoms with E-state index in [1.807, 2.05) is 38.1 Å². The van der Waals surface area contributed by atoms with E-state index in [4.69, 9.17) is 0 Å². The molecule has 1 heterocycles. The number of nitrogens with zero attached hydrogens (tertiary/aromatic N) is 1. The van der Waals surface area contributed by atoms with Gasteiger partial charge in [-0.2, -0.15) is 0 Å². The number of amides is 1. The number of rotatable bonds is 3. The van der Waals surface area contributed by atoms with Gasteiger partial charge in [-0.1, -0.05) is 30.3 Å². The van der Waals surface area contributed by atoms with Gasteiger partial charge < -0.3 is 10.3 Å². The number of hydrogen-bond acceptors (Lipinski definition) is 3. The molecule has 3 rings (SSSR count). The highest BCUT2D eigenvalue weighted by atomic mass is 16.1. The third kappa shape index (κ3) is 3.13. The predicted octanol–water partition coefficient (Wildman–Crippen LogP) is 2.72. The van der Waals surface area contributed by atoms with Crippen molar-refractivity contribution in [1.82, 2.24) is 9.97 Å². The molecule has 3 aromatic rings. The molecule has 0 bridgehead atoms. The molecule has 23 heavy (non-hydrogen) atoms. The lowest BCUT2D eigenvalue weighted by Gasteiger charge is -2.11. The maximum Gasteiger partial charge on any atom is 0.258 e. The number of fused-ring (bicyclic) bond motifs is 1. The van der Waals surface area contributed by atoms with Gasteiger partial charge >= 0.3 is 0 Å². The van der Waals surface area contributed by atoms with Crippen LogP contribution in [-0.2, 0) is 11.2 Å². The number of benzene rings is 2. The molecule has 0 radical (unpaired) electrons. The minimum absolute atomic E-state index is 0.0217. The Morgan fingerprint density at radius 2 is 1.78 bits per heavy atom. The van der Waals surface area contributed by atoms with Crippen molar-refractivity contribution in [2.45, 2.75) is 20.3 Å². The van der Waals surface area contributed by atoms with Crippen molar-refractivity contribution in [3.63, 3.8) is 0 Å². The monoisotopic (exact) mass is 307 g/mol. The van der Waals surface area contributed by atoms with Crippen LogP contribution < -0.4 is 10.9 Å². The first-order valence-electron chi connectivity index (χ1n) is 7.38. The van der Waals surface area contributed by atoms with Gasteiger partial charge in [-0.3, -0.25) is 9.59 Å². The lowest BCUT2D eigenvalue weighted by Crippen LogP contribution is -2.20. The van der Waals surface area contributed by atoms with Crippen molar-refractivity contribution >= 4 is 22.5 Å². The predicted molar refractivity (Wildman–Crippen MR) is 90.6 cm³/mol. The number of anilines is 1. The van der Waals surface area contributed by atoms with Crippen LogP contribution in [0.25, 0.3) is 10.9 Å². The van der Waals surface area contributed by atoms with Crippen LogP contribution in [0.1, 0.15) is 17.0 Å². The molecule has 5 nitrogen and oxygen atoms in total. The van der Waals surface area contributed by atoms with E-state index in [9.17, 15) is 9.59 Å². The molecule has 2 N–H and O–H groups in total. The van der Waals surface area contributed by atoms with Crippen LogP contribution in [0.15, 0.2) is 47.3 Å². The first-order chi connectivity index (χ1) is 11.0. The van der Waals surface area contributed by atoms with Crippen LogP contribution in [0.5, 0.6) is 0 Å². The van der Waals surface area contributed by atoms with Gasteiger partial charge in [0, 0.05) is 5.69 Å². The van der Waals surface area contributed by atoms with Crippen LogP contribution in [0.2, 0.25) is 0 Å². The van der Waals surface area contributed by atoms with Crippen LogP contribution >= 0.6 is 0 Å². The largest absolute Gasteiger partial charge is 0.325 e. The standard InChI is InChI=1S/C18H17N3O2/c1-11-6-5-7-12(2)17(11)21-16(22)10-15-19-14-9-4-3-8-13(14)18(23)20-15/h3-9H,10H2,1-2H3,(H,21,22)(H,19,20,23). The van der Waals surface area contributed by atoms with Gasteiger partial charge in [-0.15, -0.1) is 0 Å². The van der Waals surface area contributed by atoms with Crippen molar-refractivity contribution in [1.29, 1.82) is 0 Å². The Hall–Kier alpha value is -2.95. The average Bonchev–Trinajstić information content (AvgIpc) is 2.51. The Bertz CT molecular complexity index is 924. The van der Waals surface area contributed by atoms with Crippen molar-refractivity contribution < 1.29 is 4.79 Å². The topological polar surface area (TPSA) is 74.8 Å². The Morgan fingerprint density at radius 3 is 2.52 bits per heavy atom. The highest BCUT2D eigenvalue weighted by Gasteiger charge is 2.11. The average molecular weight is 307 g/mol. The van der Waals surface area contributed by atoms with E-state index in [-0.39, 0.29) is 17.9 Å². The van der Waals surface area contributed by atoms with Gasteiger partial charge in [0.2, 0.25) is 5.91 Å². The van der Waals surface area contributed by atoms with Gasteiger partial charge in [0.25, 0.3) is 5.56 Å². The summed E-state index contributed by atoms with van der Waals surface area (Å²) in [7, 11) is 0. The molecule has 0 saturated carbocycles. The van der Waals surface area contributed by atoms with Crippen LogP contribution in [0.4, 0.5) is 5.69 Å². The van der Waals surface area contributed by atoms with Gasteiger partial charge in [0.05, 0.1) is 17.3 Å². The number of aromatic amines is 1. The van der Waals surface area contributed by atoms with Crippen LogP contribution in [0, 0.1) is 13.8 Å². The van der Waals surface area contributed by atoms with E-state index in [2.05, 4.69) is 15.3 Å². The Kier molecular flexibility index (Phi) is 3.93. The van der Waals surface area contributed by atoms with Crippen molar-refractivity contribution in [2.75, 3.05) is 5.32 Å². The fourth-order valence-electron chi connectivity index (χ4n) is 2.57. The zero-order valence-corrected chi connectivity index (χ0v) is 13.0. The Balaban J connectivity index is 1.85. The fraction of sp³-hybridized carbons (Fsp3) is 0.167. The summed E-state index contributed by atoms with van der Waals surface area (Å²) in [5.41, 5.74) is 3.16. The lowest BCUT2D eigenvalue weighted by atomic mass is 10.1. The fourth-order valence-corrected chi connectivity index (χ4v) is 2.57. The number of aryl methyl sites for hydroxylation is 2. The van der Waals surface area contributed by atoms with Gasteiger partial charge in [0.1, 0.15) is 5.82 Å². The number of hydrogen-bond donors (Lipinski definition) is 2. The highest BCUT2D eigenvalue weighted by molar-refractivity contribution is 5.93. The molecular formula is C18H17N3O2. The highest BCUT2D eigenvalue weighted by Crippen LogP contribution is 2.19. The smallest absolute Gasteiger partial charge is 0.258 e. The van der Waals surface area contributed by atoms with Gasteiger partial charge in [-0.25, -0.2) is 4.98 Å². The number of nitrogens with one attached hydrogen (secondary N) is 2. The van der Waals surface area contributed by atoms with E-state index in [1.54, 1.807) is 18.2 Å². The first-order valence-corrected chi connectivity index (χ1v) is 7.38. The third-order valence-corrected chi connectivity index (χ3v) is 3.74. The zero-order chi connectivity index (χ0) is 16.4. The number of H-pyrrole nitrogens is 1. The van der Waals surface area contributed by atoms with E-state index in [0.717, 1.165) is 16.8 Å². The van der Waals surface area contributed by atoms with Crippen molar-refractivity contribution in [2.24, 2.45) is 0 Å². The van der Waals surface area contributed by atoms with Crippen LogP contribution in [0.3, 0.4) is 0 Å². The second kappa shape index (κ2) is 6.04. The molecule has 116 valence electrons. The molecule has 0 saturated heterocycles. The second-order valence-corrected chi connectivity index (χ2v) is 5.52. The molecule has 0 aliphatic heterocycles. The van der Waals surface area contributed by atoms with E-state index in [0.29, 0.717) is 16.7 Å². The molecular weight excluding hydrogens is 290 g/mol. The minimum atomic E-state index is -0.231. The first kappa shape index (κ1) is 15.0. The normalized spacial score (nSPS) is 10.7. The summed E-state index contributed by atoms with van der Waals surface area (Å²) in [5.74, 6) is 0.151. The third-order valence-electron chi connectivity index (χ3n) is 3.74. The van der Waals surface area contributed by atoms with E-state index >= 15 is 0 Å². The quantitative estimate of drug-likeness (QED) is 0.781. The molecule has 0 aliphatic carbocycles. The summed E-state index contributed by atoms with van der Waals surface area (Å²) in [6.45, 7) is 3.89. The molecule has 5 heteroatoms. The maximum atomic E-state index is 12.3. The summed E-state index contributed by atoms with van der Waals surface area (Å²) >= 11 is 0. The number of carbonyl (C=O) groups excluding carboxylic acids is 1. The van der Waals surface area contributed by atoms with Crippen molar-refractivity contribution in [3.05, 3.63) is 69.8 Å². The van der Waals surface area contributed by atoms with Crippen molar-refractivity contribution in [3.8, 4) is 0 Å². The molecule has 2 aromatic carbocycles. The second-order valence-electron chi connectivity index (χ2n) is 5.52.